The van der Waals surface area contributed by atoms with Crippen LogP contribution in [0.2, 0.25) is 0 Å². The predicted molar refractivity (Wildman–Crippen MR) is 121 cm³/mol. The van der Waals surface area contributed by atoms with Crippen molar-refractivity contribution in [3.63, 3.8) is 0 Å². The standard InChI is InChI=1S/C18H25N5OS.HI/c1-5-10-24-16-9-7-6-8-14(16)11-20-17(19-2)21-12-15-13-25-18(22-15)23(3)4;/h5-9,13H,1,10-12H2,2-4H3,(H2,19,20,21);1H. The van der Waals surface area contributed by atoms with Crippen LogP contribution in [0, 0.1) is 0 Å². The number of hydrogen-bond donors (Lipinski definition) is 2. The van der Waals surface area contributed by atoms with Crippen LogP contribution in [0.25, 0.3) is 0 Å². The molecule has 1 heterocycles. The summed E-state index contributed by atoms with van der Waals surface area (Å²) >= 11 is 1.63. The minimum absolute atomic E-state index is 0. The summed E-state index contributed by atoms with van der Waals surface area (Å²) in [6.45, 7) is 5.41. The van der Waals surface area contributed by atoms with Crippen LogP contribution in [0.4, 0.5) is 5.13 Å². The van der Waals surface area contributed by atoms with Crippen LogP contribution >= 0.6 is 35.3 Å². The fourth-order valence-electron chi connectivity index (χ4n) is 2.10. The van der Waals surface area contributed by atoms with Crippen molar-refractivity contribution in [3.05, 3.63) is 53.6 Å². The molecular weight excluding hydrogens is 461 g/mol. The van der Waals surface area contributed by atoms with Crippen molar-refractivity contribution in [2.45, 2.75) is 13.1 Å². The fraction of sp³-hybridized carbons (Fsp3) is 0.333. The molecule has 0 aliphatic heterocycles. The largest absolute Gasteiger partial charge is 0.489 e. The van der Waals surface area contributed by atoms with Crippen molar-refractivity contribution in [2.75, 3.05) is 32.6 Å². The zero-order valence-corrected chi connectivity index (χ0v) is 18.5. The summed E-state index contributed by atoms with van der Waals surface area (Å²) < 4.78 is 5.68. The molecule has 0 aliphatic carbocycles. The van der Waals surface area contributed by atoms with Crippen molar-refractivity contribution in [1.82, 2.24) is 15.6 Å². The number of para-hydroxylation sites is 1. The number of rotatable bonds is 8. The molecule has 2 aromatic rings. The van der Waals surface area contributed by atoms with Crippen LogP contribution in [0.5, 0.6) is 5.75 Å². The van der Waals surface area contributed by atoms with Crippen molar-refractivity contribution in [3.8, 4) is 5.75 Å². The molecule has 0 amide bonds. The van der Waals surface area contributed by atoms with Crippen LogP contribution in [0.1, 0.15) is 11.3 Å². The predicted octanol–water partition coefficient (Wildman–Crippen LogP) is 3.26. The smallest absolute Gasteiger partial charge is 0.191 e. The molecule has 0 saturated carbocycles. The van der Waals surface area contributed by atoms with Gasteiger partial charge in [0.15, 0.2) is 11.1 Å². The van der Waals surface area contributed by atoms with Crippen LogP contribution < -0.4 is 20.3 Å². The molecule has 26 heavy (non-hydrogen) atoms. The van der Waals surface area contributed by atoms with Crippen LogP contribution in [-0.4, -0.2) is 38.7 Å². The van der Waals surface area contributed by atoms with Gasteiger partial charge in [0.1, 0.15) is 12.4 Å². The van der Waals surface area contributed by atoms with Gasteiger partial charge in [-0.2, -0.15) is 0 Å². The quantitative estimate of drug-likeness (QED) is 0.259. The lowest BCUT2D eigenvalue weighted by molar-refractivity contribution is 0.358. The number of anilines is 1. The lowest BCUT2D eigenvalue weighted by atomic mass is 10.2. The number of aliphatic imine (C=N–C) groups is 1. The zero-order valence-electron chi connectivity index (χ0n) is 15.4. The Labute approximate surface area is 176 Å². The van der Waals surface area contributed by atoms with Crippen molar-refractivity contribution >= 4 is 46.4 Å². The molecule has 1 aromatic carbocycles. The molecule has 0 unspecified atom stereocenters. The molecule has 0 saturated heterocycles. The van der Waals surface area contributed by atoms with E-state index in [0.717, 1.165) is 28.1 Å². The Morgan fingerprint density at radius 3 is 2.69 bits per heavy atom. The molecule has 1 aromatic heterocycles. The van der Waals surface area contributed by atoms with E-state index in [1.54, 1.807) is 24.5 Å². The summed E-state index contributed by atoms with van der Waals surface area (Å²) in [5, 5.41) is 9.62. The summed E-state index contributed by atoms with van der Waals surface area (Å²) in [4.78, 5) is 10.8. The highest BCUT2D eigenvalue weighted by Crippen LogP contribution is 2.18. The van der Waals surface area contributed by atoms with Gasteiger partial charge < -0.3 is 20.3 Å². The maximum absolute atomic E-state index is 5.68. The van der Waals surface area contributed by atoms with Gasteiger partial charge in [0, 0.05) is 38.6 Å². The number of ether oxygens (including phenoxy) is 1. The molecule has 0 spiro atoms. The highest BCUT2D eigenvalue weighted by Gasteiger charge is 2.06. The third-order valence-electron chi connectivity index (χ3n) is 3.36. The van der Waals surface area contributed by atoms with E-state index in [-0.39, 0.29) is 24.0 Å². The van der Waals surface area contributed by atoms with E-state index >= 15 is 0 Å². The van der Waals surface area contributed by atoms with E-state index in [1.165, 1.54) is 0 Å². The Hall–Kier alpha value is -1.81. The average Bonchev–Trinajstić information content (AvgIpc) is 3.10. The summed E-state index contributed by atoms with van der Waals surface area (Å²) in [6, 6.07) is 7.93. The number of aromatic nitrogens is 1. The Morgan fingerprint density at radius 2 is 2.04 bits per heavy atom. The summed E-state index contributed by atoms with van der Waals surface area (Å²) in [7, 11) is 5.73. The molecule has 0 radical (unpaired) electrons. The van der Waals surface area contributed by atoms with Crippen LogP contribution in [0.3, 0.4) is 0 Å². The van der Waals surface area contributed by atoms with Gasteiger partial charge in [-0.15, -0.1) is 35.3 Å². The molecular formula is C18H26IN5OS. The lowest BCUT2D eigenvalue weighted by Gasteiger charge is -2.14. The number of nitrogens with one attached hydrogen (secondary N) is 2. The minimum Gasteiger partial charge on any atom is -0.489 e. The SMILES string of the molecule is C=CCOc1ccccc1CNC(=NC)NCc1csc(N(C)C)n1.I. The fourth-order valence-corrected chi connectivity index (χ4v) is 2.85. The Bertz CT molecular complexity index is 717. The van der Waals surface area contributed by atoms with Gasteiger partial charge in [-0.25, -0.2) is 4.98 Å². The van der Waals surface area contributed by atoms with Gasteiger partial charge in [-0.3, -0.25) is 4.99 Å². The normalized spacial score (nSPS) is 10.7. The number of guanidine groups is 1. The Balaban J connectivity index is 0.00000338. The number of halogens is 1. The second-order valence-electron chi connectivity index (χ2n) is 5.50. The van der Waals surface area contributed by atoms with E-state index < -0.39 is 0 Å². The average molecular weight is 487 g/mol. The maximum Gasteiger partial charge on any atom is 0.191 e. The molecule has 0 fully saturated rings. The second kappa shape index (κ2) is 11.7. The molecule has 8 heteroatoms. The zero-order chi connectivity index (χ0) is 18.1. The van der Waals surface area contributed by atoms with Crippen LogP contribution in [-0.2, 0) is 13.1 Å². The first-order chi connectivity index (χ1) is 12.1. The van der Waals surface area contributed by atoms with Gasteiger partial charge in [0.05, 0.1) is 12.2 Å². The van der Waals surface area contributed by atoms with Crippen molar-refractivity contribution in [2.24, 2.45) is 4.99 Å². The Morgan fingerprint density at radius 1 is 1.31 bits per heavy atom. The highest BCUT2D eigenvalue weighted by atomic mass is 127. The molecule has 0 atom stereocenters. The number of hydrogen-bond acceptors (Lipinski definition) is 5. The van der Waals surface area contributed by atoms with E-state index in [4.69, 9.17) is 4.74 Å². The van der Waals surface area contributed by atoms with Gasteiger partial charge in [0.25, 0.3) is 0 Å². The number of benzene rings is 1. The second-order valence-corrected chi connectivity index (χ2v) is 6.34. The maximum atomic E-state index is 5.68. The molecule has 2 N–H and O–H groups in total. The number of nitrogens with zero attached hydrogens (tertiary/aromatic N) is 3. The highest BCUT2D eigenvalue weighted by molar-refractivity contribution is 14.0. The first-order valence-electron chi connectivity index (χ1n) is 8.02. The van der Waals surface area contributed by atoms with E-state index in [9.17, 15) is 0 Å². The topological polar surface area (TPSA) is 61.8 Å². The first kappa shape index (κ1) is 22.2. The molecule has 6 nitrogen and oxygen atoms in total. The van der Waals surface area contributed by atoms with Gasteiger partial charge in [-0.05, 0) is 6.07 Å². The van der Waals surface area contributed by atoms with E-state index in [2.05, 4.69) is 27.2 Å². The monoisotopic (exact) mass is 487 g/mol. The van der Waals surface area contributed by atoms with Crippen LogP contribution in [0.15, 0.2) is 47.3 Å². The molecule has 2 rings (SSSR count). The van der Waals surface area contributed by atoms with Crippen molar-refractivity contribution in [1.29, 1.82) is 0 Å². The summed E-state index contributed by atoms with van der Waals surface area (Å²) in [5.74, 6) is 1.57. The molecule has 0 aliphatic rings. The van der Waals surface area contributed by atoms with Gasteiger partial charge in [0.2, 0.25) is 0 Å². The third kappa shape index (κ3) is 6.83. The first-order valence-corrected chi connectivity index (χ1v) is 8.90. The van der Waals surface area contributed by atoms with Gasteiger partial charge in [-0.1, -0.05) is 30.9 Å². The molecule has 142 valence electrons. The molecule has 0 bridgehead atoms. The summed E-state index contributed by atoms with van der Waals surface area (Å²) in [6.07, 6.45) is 1.74. The van der Waals surface area contributed by atoms with Gasteiger partial charge >= 0.3 is 0 Å². The van der Waals surface area contributed by atoms with E-state index in [1.807, 2.05) is 48.6 Å². The van der Waals surface area contributed by atoms with Crippen molar-refractivity contribution < 1.29 is 4.74 Å². The minimum atomic E-state index is 0. The summed E-state index contributed by atoms with van der Waals surface area (Å²) in [5.41, 5.74) is 2.06. The number of thiazole rings is 1. The third-order valence-corrected chi connectivity index (χ3v) is 4.42. The van der Waals surface area contributed by atoms with E-state index in [0.29, 0.717) is 19.7 Å². The Kier molecular flexibility index (Phi) is 10.0. The lowest BCUT2D eigenvalue weighted by Crippen LogP contribution is -2.36.